The summed E-state index contributed by atoms with van der Waals surface area (Å²) >= 11 is 0. The first-order chi connectivity index (χ1) is 9.04. The molecule has 0 aliphatic rings. The number of methoxy groups -OCH3 is 1. The molecule has 0 saturated heterocycles. The minimum Gasteiger partial charge on any atom is -0.496 e. The van der Waals surface area contributed by atoms with Crippen LogP contribution in [0.4, 0.5) is 0 Å². The van der Waals surface area contributed by atoms with Crippen LogP contribution in [0.2, 0.25) is 0 Å². The third-order valence-electron chi connectivity index (χ3n) is 2.50. The number of ether oxygens (including phenoxy) is 1. The number of carbonyl (C=O) groups is 2. The van der Waals surface area contributed by atoms with Gasteiger partial charge in [0, 0.05) is 12.6 Å². The lowest BCUT2D eigenvalue weighted by Gasteiger charge is -2.10. The molecule has 1 aromatic rings. The summed E-state index contributed by atoms with van der Waals surface area (Å²) in [6, 6.07) is 7.54. The van der Waals surface area contributed by atoms with E-state index in [0.29, 0.717) is 13.0 Å². The smallest absolute Gasteiger partial charge is 0.309 e. The van der Waals surface area contributed by atoms with Crippen molar-refractivity contribution in [2.45, 2.75) is 26.3 Å². The Morgan fingerprint density at radius 1 is 1.21 bits per heavy atom. The summed E-state index contributed by atoms with van der Waals surface area (Å²) in [5.41, 5.74) is 0.995. The van der Waals surface area contributed by atoms with E-state index < -0.39 is 11.8 Å². The molecular weight excluding hydrogens is 244 g/mol. The number of para-hydroxylation sites is 1. The molecule has 0 aliphatic heterocycles. The first-order valence-corrected chi connectivity index (χ1v) is 6.25. The van der Waals surface area contributed by atoms with E-state index in [-0.39, 0.29) is 6.04 Å². The molecule has 0 spiro atoms. The highest BCUT2D eigenvalue weighted by atomic mass is 16.5. The van der Waals surface area contributed by atoms with Crippen molar-refractivity contribution in [3.8, 4) is 5.75 Å². The molecule has 0 aromatic heterocycles. The summed E-state index contributed by atoms with van der Waals surface area (Å²) in [6.45, 7) is 4.00. The van der Waals surface area contributed by atoms with Gasteiger partial charge in [0.15, 0.2) is 0 Å². The number of amides is 2. The van der Waals surface area contributed by atoms with Crippen LogP contribution in [0, 0.1) is 0 Å². The van der Waals surface area contributed by atoms with Gasteiger partial charge in [-0.25, -0.2) is 0 Å². The maximum absolute atomic E-state index is 11.5. The van der Waals surface area contributed by atoms with Crippen LogP contribution in [-0.4, -0.2) is 31.5 Å². The van der Waals surface area contributed by atoms with Gasteiger partial charge in [0.05, 0.1) is 7.11 Å². The summed E-state index contributed by atoms with van der Waals surface area (Å²) in [5, 5.41) is 5.12. The lowest BCUT2D eigenvalue weighted by Crippen LogP contribution is -2.43. The Kier molecular flexibility index (Phi) is 5.85. The van der Waals surface area contributed by atoms with Crippen LogP contribution in [-0.2, 0) is 16.0 Å². The highest BCUT2D eigenvalue weighted by molar-refractivity contribution is 6.35. The fourth-order valence-electron chi connectivity index (χ4n) is 1.63. The van der Waals surface area contributed by atoms with Gasteiger partial charge in [0.25, 0.3) is 0 Å². The zero-order valence-corrected chi connectivity index (χ0v) is 11.5. The van der Waals surface area contributed by atoms with Crippen LogP contribution >= 0.6 is 0 Å². The van der Waals surface area contributed by atoms with Crippen LogP contribution in [0.3, 0.4) is 0 Å². The monoisotopic (exact) mass is 264 g/mol. The van der Waals surface area contributed by atoms with Crippen molar-refractivity contribution in [3.05, 3.63) is 29.8 Å². The molecule has 5 nitrogen and oxygen atoms in total. The summed E-state index contributed by atoms with van der Waals surface area (Å²) in [6.07, 6.45) is 0.616. The van der Waals surface area contributed by atoms with Crippen molar-refractivity contribution in [1.82, 2.24) is 10.6 Å². The number of carbonyl (C=O) groups excluding carboxylic acids is 2. The van der Waals surface area contributed by atoms with E-state index in [2.05, 4.69) is 10.6 Å². The molecule has 0 fully saturated rings. The molecule has 5 heteroatoms. The van der Waals surface area contributed by atoms with Gasteiger partial charge in [-0.3, -0.25) is 9.59 Å². The van der Waals surface area contributed by atoms with Gasteiger partial charge in [-0.2, -0.15) is 0 Å². The maximum atomic E-state index is 11.5. The Morgan fingerprint density at radius 3 is 2.53 bits per heavy atom. The zero-order chi connectivity index (χ0) is 14.3. The highest BCUT2D eigenvalue weighted by Crippen LogP contribution is 2.17. The second-order valence-corrected chi connectivity index (χ2v) is 4.45. The van der Waals surface area contributed by atoms with Crippen LogP contribution in [0.1, 0.15) is 19.4 Å². The minimum atomic E-state index is -0.608. The lowest BCUT2D eigenvalue weighted by atomic mass is 10.1. The number of rotatable bonds is 5. The molecule has 104 valence electrons. The summed E-state index contributed by atoms with van der Waals surface area (Å²) < 4.78 is 5.21. The van der Waals surface area contributed by atoms with Crippen molar-refractivity contribution in [2.24, 2.45) is 0 Å². The molecular formula is C14H20N2O3. The molecule has 19 heavy (non-hydrogen) atoms. The SMILES string of the molecule is COc1ccccc1CCNC(=O)C(=O)NC(C)C. The normalized spacial score (nSPS) is 10.1. The second-order valence-electron chi connectivity index (χ2n) is 4.45. The van der Waals surface area contributed by atoms with E-state index in [1.165, 1.54) is 0 Å². The number of nitrogens with one attached hydrogen (secondary N) is 2. The molecule has 2 amide bonds. The Labute approximate surface area is 113 Å². The summed E-state index contributed by atoms with van der Waals surface area (Å²) in [7, 11) is 1.60. The van der Waals surface area contributed by atoms with E-state index in [1.54, 1.807) is 21.0 Å². The lowest BCUT2D eigenvalue weighted by molar-refractivity contribution is -0.139. The van der Waals surface area contributed by atoms with Gasteiger partial charge in [-0.15, -0.1) is 0 Å². The third kappa shape index (κ3) is 4.99. The van der Waals surface area contributed by atoms with E-state index in [0.717, 1.165) is 11.3 Å². The summed E-state index contributed by atoms with van der Waals surface area (Å²) in [4.78, 5) is 22.8. The first-order valence-electron chi connectivity index (χ1n) is 6.25. The topological polar surface area (TPSA) is 67.4 Å². The van der Waals surface area contributed by atoms with E-state index >= 15 is 0 Å². The summed E-state index contributed by atoms with van der Waals surface area (Å²) in [5.74, 6) is -0.429. The van der Waals surface area contributed by atoms with Gasteiger partial charge in [0.2, 0.25) is 0 Å². The van der Waals surface area contributed by atoms with Crippen molar-refractivity contribution < 1.29 is 14.3 Å². The zero-order valence-electron chi connectivity index (χ0n) is 11.5. The van der Waals surface area contributed by atoms with Crippen LogP contribution < -0.4 is 15.4 Å². The maximum Gasteiger partial charge on any atom is 0.309 e. The van der Waals surface area contributed by atoms with Gasteiger partial charge in [-0.1, -0.05) is 18.2 Å². The minimum absolute atomic E-state index is 0.0486. The standard InChI is InChI=1S/C14H20N2O3/c1-10(2)16-14(18)13(17)15-9-8-11-6-4-5-7-12(11)19-3/h4-7,10H,8-9H2,1-3H3,(H,15,17)(H,16,18). The molecule has 1 aromatic carbocycles. The van der Waals surface area contributed by atoms with Crippen molar-refractivity contribution in [3.63, 3.8) is 0 Å². The Balaban J connectivity index is 2.42. The molecule has 1 rings (SSSR count). The van der Waals surface area contributed by atoms with Gasteiger partial charge < -0.3 is 15.4 Å². The number of hydrogen-bond donors (Lipinski definition) is 2. The molecule has 0 saturated carbocycles. The molecule has 2 N–H and O–H groups in total. The van der Waals surface area contributed by atoms with Gasteiger partial charge in [0.1, 0.15) is 5.75 Å². The predicted molar refractivity (Wildman–Crippen MR) is 73.0 cm³/mol. The average molecular weight is 264 g/mol. The van der Waals surface area contributed by atoms with E-state index in [9.17, 15) is 9.59 Å². The molecule has 0 aliphatic carbocycles. The molecule has 0 heterocycles. The molecule has 0 atom stereocenters. The second kappa shape index (κ2) is 7.41. The Bertz CT molecular complexity index is 444. The Hall–Kier alpha value is -2.04. The van der Waals surface area contributed by atoms with Crippen molar-refractivity contribution in [2.75, 3.05) is 13.7 Å². The number of hydrogen-bond acceptors (Lipinski definition) is 3. The van der Waals surface area contributed by atoms with Gasteiger partial charge >= 0.3 is 11.8 Å². The Morgan fingerprint density at radius 2 is 1.89 bits per heavy atom. The predicted octanol–water partition coefficient (Wildman–Crippen LogP) is 0.878. The first kappa shape index (κ1) is 15.0. The number of benzene rings is 1. The van der Waals surface area contributed by atoms with E-state index in [4.69, 9.17) is 4.74 Å². The highest BCUT2D eigenvalue weighted by Gasteiger charge is 2.13. The molecule has 0 unspecified atom stereocenters. The average Bonchev–Trinajstić information content (AvgIpc) is 2.38. The quantitative estimate of drug-likeness (QED) is 0.776. The molecule has 0 bridgehead atoms. The fourth-order valence-corrected chi connectivity index (χ4v) is 1.63. The van der Waals surface area contributed by atoms with Crippen LogP contribution in [0.15, 0.2) is 24.3 Å². The van der Waals surface area contributed by atoms with Crippen molar-refractivity contribution >= 4 is 11.8 Å². The van der Waals surface area contributed by atoms with E-state index in [1.807, 2.05) is 24.3 Å². The van der Waals surface area contributed by atoms with Crippen LogP contribution in [0.5, 0.6) is 5.75 Å². The van der Waals surface area contributed by atoms with Gasteiger partial charge in [-0.05, 0) is 31.9 Å². The van der Waals surface area contributed by atoms with Crippen molar-refractivity contribution in [1.29, 1.82) is 0 Å². The largest absolute Gasteiger partial charge is 0.496 e. The third-order valence-corrected chi connectivity index (χ3v) is 2.50. The molecule has 0 radical (unpaired) electrons. The fraction of sp³-hybridized carbons (Fsp3) is 0.429. The van der Waals surface area contributed by atoms with Crippen LogP contribution in [0.25, 0.3) is 0 Å².